The van der Waals surface area contributed by atoms with Crippen LogP contribution in [0, 0.1) is 12.3 Å². The van der Waals surface area contributed by atoms with Gasteiger partial charge in [0.15, 0.2) is 0 Å². The molecule has 1 aliphatic carbocycles. The Kier molecular flexibility index (Phi) is 5.63. The average Bonchev–Trinajstić information content (AvgIpc) is 3.09. The van der Waals surface area contributed by atoms with Crippen molar-refractivity contribution in [2.75, 3.05) is 26.7 Å². The zero-order valence-electron chi connectivity index (χ0n) is 16.9. The third-order valence-electron chi connectivity index (χ3n) is 5.72. The maximum Gasteiger partial charge on any atom is 0.404 e. The maximum absolute atomic E-state index is 10.6. The van der Waals surface area contributed by atoms with Gasteiger partial charge in [0, 0.05) is 30.9 Å². The van der Waals surface area contributed by atoms with Crippen molar-refractivity contribution >= 4 is 11.7 Å². The molecule has 1 aromatic heterocycles. The van der Waals surface area contributed by atoms with Crippen LogP contribution in [0.15, 0.2) is 6.08 Å². The Labute approximate surface area is 161 Å². The van der Waals surface area contributed by atoms with Gasteiger partial charge in [0.1, 0.15) is 0 Å². The fourth-order valence-electron chi connectivity index (χ4n) is 4.32. The SMILES string of the molecule is Cc1[nH]nc(C2=CCC3(CC2)CC(C)(C)CO3)c1CN(C)CCNC(=O)O. The van der Waals surface area contributed by atoms with E-state index in [4.69, 9.17) is 9.84 Å². The largest absolute Gasteiger partial charge is 0.465 e. The van der Waals surface area contributed by atoms with Crippen molar-refractivity contribution in [1.29, 1.82) is 0 Å². The van der Waals surface area contributed by atoms with Gasteiger partial charge in [0.25, 0.3) is 0 Å². The van der Waals surface area contributed by atoms with Crippen molar-refractivity contribution in [2.45, 2.75) is 58.6 Å². The summed E-state index contributed by atoms with van der Waals surface area (Å²) in [5, 5.41) is 18.8. The molecule has 7 nitrogen and oxygen atoms in total. The molecule has 1 aliphatic heterocycles. The molecule has 1 atom stereocenters. The lowest BCUT2D eigenvalue weighted by Crippen LogP contribution is -2.32. The highest BCUT2D eigenvalue weighted by atomic mass is 16.5. The number of carboxylic acid groups (broad SMARTS) is 1. The van der Waals surface area contributed by atoms with E-state index in [0.29, 0.717) is 13.1 Å². The number of aryl methyl sites for hydroxylation is 1. The molecule has 0 saturated carbocycles. The Morgan fingerprint density at radius 2 is 2.26 bits per heavy atom. The van der Waals surface area contributed by atoms with E-state index in [9.17, 15) is 4.79 Å². The normalized spacial score (nSPS) is 24.4. The number of H-pyrrole nitrogens is 1. The van der Waals surface area contributed by atoms with E-state index < -0.39 is 6.09 Å². The number of allylic oxidation sites excluding steroid dienone is 1. The van der Waals surface area contributed by atoms with Crippen LogP contribution in [-0.4, -0.2) is 58.6 Å². The summed E-state index contributed by atoms with van der Waals surface area (Å²) in [6.07, 6.45) is 5.44. The van der Waals surface area contributed by atoms with Crippen LogP contribution in [0.25, 0.3) is 5.57 Å². The van der Waals surface area contributed by atoms with Crippen LogP contribution in [0.4, 0.5) is 4.79 Å². The number of nitrogens with one attached hydrogen (secondary N) is 2. The van der Waals surface area contributed by atoms with Crippen LogP contribution in [0.3, 0.4) is 0 Å². The predicted molar refractivity (Wildman–Crippen MR) is 105 cm³/mol. The summed E-state index contributed by atoms with van der Waals surface area (Å²) in [7, 11) is 2.00. The third-order valence-corrected chi connectivity index (χ3v) is 5.72. The van der Waals surface area contributed by atoms with Crippen molar-refractivity contribution in [3.8, 4) is 0 Å². The minimum Gasteiger partial charge on any atom is -0.465 e. The van der Waals surface area contributed by atoms with Crippen LogP contribution in [0.2, 0.25) is 0 Å². The van der Waals surface area contributed by atoms with E-state index in [1.807, 2.05) is 14.0 Å². The molecule has 3 rings (SSSR count). The fourth-order valence-corrected chi connectivity index (χ4v) is 4.32. The molecule has 1 aromatic rings. The topological polar surface area (TPSA) is 90.5 Å². The summed E-state index contributed by atoms with van der Waals surface area (Å²) in [5.74, 6) is 0. The number of ether oxygens (including phenoxy) is 1. The summed E-state index contributed by atoms with van der Waals surface area (Å²) in [6, 6.07) is 0. The third kappa shape index (κ3) is 4.71. The molecule has 2 aliphatic rings. The van der Waals surface area contributed by atoms with Gasteiger partial charge in [0.2, 0.25) is 0 Å². The molecule has 7 heteroatoms. The molecule has 2 heterocycles. The summed E-state index contributed by atoms with van der Waals surface area (Å²) in [6.45, 7) is 9.26. The Hall–Kier alpha value is -1.86. The molecular weight excluding hydrogens is 344 g/mol. The second-order valence-corrected chi connectivity index (χ2v) is 8.89. The highest BCUT2D eigenvalue weighted by molar-refractivity contribution is 5.67. The van der Waals surface area contributed by atoms with E-state index in [2.05, 4.69) is 40.3 Å². The van der Waals surface area contributed by atoms with E-state index in [-0.39, 0.29) is 11.0 Å². The monoisotopic (exact) mass is 376 g/mol. The van der Waals surface area contributed by atoms with E-state index in [1.165, 1.54) is 11.1 Å². The Morgan fingerprint density at radius 1 is 1.48 bits per heavy atom. The number of hydrogen-bond acceptors (Lipinski definition) is 4. The predicted octanol–water partition coefficient (Wildman–Crippen LogP) is 3.17. The molecule has 150 valence electrons. The lowest BCUT2D eigenvalue weighted by atomic mass is 9.76. The van der Waals surface area contributed by atoms with Gasteiger partial charge >= 0.3 is 6.09 Å². The lowest BCUT2D eigenvalue weighted by Gasteiger charge is -2.32. The molecule has 3 N–H and O–H groups in total. The minimum absolute atomic E-state index is 0.0117. The summed E-state index contributed by atoms with van der Waals surface area (Å²) in [4.78, 5) is 12.7. The molecule has 27 heavy (non-hydrogen) atoms. The first-order valence-electron chi connectivity index (χ1n) is 9.72. The standard InChI is InChI=1S/C20H32N4O3/c1-14-16(11-24(4)10-9-21-18(25)26)17(23-22-14)15-5-7-20(8-6-15)12-19(2,3)13-27-20/h5,21H,6-13H2,1-4H3,(H,22,23)(H,25,26). The zero-order chi connectivity index (χ0) is 19.7. The van der Waals surface area contributed by atoms with Crippen molar-refractivity contribution < 1.29 is 14.6 Å². The molecule has 1 unspecified atom stereocenters. The van der Waals surface area contributed by atoms with Crippen LogP contribution < -0.4 is 5.32 Å². The number of aromatic amines is 1. The van der Waals surface area contributed by atoms with E-state index in [0.717, 1.165) is 50.2 Å². The van der Waals surface area contributed by atoms with Crippen molar-refractivity contribution in [1.82, 2.24) is 20.4 Å². The lowest BCUT2D eigenvalue weighted by molar-refractivity contribution is -0.00367. The number of aromatic nitrogens is 2. The Balaban J connectivity index is 1.66. The van der Waals surface area contributed by atoms with Crippen LogP contribution in [-0.2, 0) is 11.3 Å². The zero-order valence-corrected chi connectivity index (χ0v) is 16.9. The number of carbonyl (C=O) groups is 1. The Morgan fingerprint density at radius 3 is 2.85 bits per heavy atom. The van der Waals surface area contributed by atoms with Crippen LogP contribution >= 0.6 is 0 Å². The van der Waals surface area contributed by atoms with Crippen molar-refractivity contribution in [3.63, 3.8) is 0 Å². The molecule has 0 radical (unpaired) electrons. The smallest absolute Gasteiger partial charge is 0.404 e. The maximum atomic E-state index is 10.6. The molecule has 0 bridgehead atoms. The van der Waals surface area contributed by atoms with Crippen molar-refractivity contribution in [2.24, 2.45) is 5.41 Å². The van der Waals surface area contributed by atoms with Gasteiger partial charge in [-0.25, -0.2) is 4.79 Å². The van der Waals surface area contributed by atoms with E-state index in [1.54, 1.807) is 0 Å². The quantitative estimate of drug-likeness (QED) is 0.709. The second kappa shape index (κ2) is 7.64. The van der Waals surface area contributed by atoms with E-state index >= 15 is 0 Å². The van der Waals surface area contributed by atoms with Gasteiger partial charge < -0.3 is 20.1 Å². The first-order chi connectivity index (χ1) is 12.7. The van der Waals surface area contributed by atoms with Gasteiger partial charge in [0.05, 0.1) is 17.9 Å². The number of likely N-dealkylation sites (N-methyl/N-ethyl adjacent to an activating group) is 1. The average molecular weight is 377 g/mol. The molecule has 1 amide bonds. The van der Waals surface area contributed by atoms with Gasteiger partial charge in [-0.1, -0.05) is 19.9 Å². The number of rotatable bonds is 6. The minimum atomic E-state index is -0.984. The van der Waals surface area contributed by atoms with Gasteiger partial charge in [-0.2, -0.15) is 5.10 Å². The van der Waals surface area contributed by atoms with Gasteiger partial charge in [-0.05, 0) is 50.6 Å². The summed E-state index contributed by atoms with van der Waals surface area (Å²) < 4.78 is 6.21. The number of hydrogen-bond donors (Lipinski definition) is 3. The number of nitrogens with zero attached hydrogens (tertiary/aromatic N) is 2. The molecule has 1 fully saturated rings. The molecular formula is C20H32N4O3. The van der Waals surface area contributed by atoms with Gasteiger partial charge in [-0.3, -0.25) is 5.10 Å². The first-order valence-corrected chi connectivity index (χ1v) is 9.72. The molecule has 0 aromatic carbocycles. The summed E-state index contributed by atoms with van der Waals surface area (Å²) in [5.41, 5.74) is 4.90. The highest BCUT2D eigenvalue weighted by Gasteiger charge is 2.45. The highest BCUT2D eigenvalue weighted by Crippen LogP contribution is 2.47. The van der Waals surface area contributed by atoms with Crippen molar-refractivity contribution in [3.05, 3.63) is 23.0 Å². The second-order valence-electron chi connectivity index (χ2n) is 8.89. The summed E-state index contributed by atoms with van der Waals surface area (Å²) >= 11 is 0. The molecule has 1 spiro atoms. The Bertz CT molecular complexity index is 725. The number of amides is 1. The van der Waals surface area contributed by atoms with Crippen LogP contribution in [0.5, 0.6) is 0 Å². The first kappa shape index (κ1) is 19.9. The molecule has 1 saturated heterocycles. The van der Waals surface area contributed by atoms with Crippen LogP contribution in [0.1, 0.15) is 56.5 Å². The van der Waals surface area contributed by atoms with Gasteiger partial charge in [-0.15, -0.1) is 0 Å². The fraction of sp³-hybridized carbons (Fsp3) is 0.700.